The average molecular weight is 455 g/mol. The Balaban J connectivity index is 1.56. The summed E-state index contributed by atoms with van der Waals surface area (Å²) >= 11 is 4.50. The van der Waals surface area contributed by atoms with Gasteiger partial charge in [0.2, 0.25) is 5.91 Å². The fraction of sp³-hybridized carbons (Fsp3) is 0.389. The minimum Gasteiger partial charge on any atom is -0.337 e. The quantitative estimate of drug-likeness (QED) is 0.714. The molecule has 5 nitrogen and oxygen atoms in total. The van der Waals surface area contributed by atoms with Crippen molar-refractivity contribution < 1.29 is 13.2 Å². The van der Waals surface area contributed by atoms with Crippen LogP contribution < -0.4 is 0 Å². The van der Waals surface area contributed by atoms with E-state index in [1.54, 1.807) is 12.1 Å². The molecule has 0 spiro atoms. The molecule has 2 aromatic rings. The van der Waals surface area contributed by atoms with Crippen LogP contribution in [0.1, 0.15) is 24.0 Å². The number of fused-ring (bicyclic) bond motifs is 1. The number of benzene rings is 1. The van der Waals surface area contributed by atoms with E-state index in [1.165, 1.54) is 21.2 Å². The molecule has 4 rings (SSSR count). The number of nitrogens with zero attached hydrogens (tertiary/aromatic N) is 2. The van der Waals surface area contributed by atoms with Crippen LogP contribution in [-0.2, 0) is 27.8 Å². The van der Waals surface area contributed by atoms with Crippen molar-refractivity contribution in [3.05, 3.63) is 51.3 Å². The maximum Gasteiger partial charge on any atom is 0.253 e. The molecular formula is C18H19BrN2O3S2. The van der Waals surface area contributed by atoms with Crippen LogP contribution in [0.5, 0.6) is 0 Å². The third-order valence-corrected chi connectivity index (χ3v) is 9.04. The molecule has 8 heteroatoms. The van der Waals surface area contributed by atoms with Crippen molar-refractivity contribution in [2.24, 2.45) is 0 Å². The van der Waals surface area contributed by atoms with Gasteiger partial charge in [-0.1, -0.05) is 24.3 Å². The van der Waals surface area contributed by atoms with Gasteiger partial charge in [-0.15, -0.1) is 11.3 Å². The molecule has 26 heavy (non-hydrogen) atoms. The number of sulfonamides is 1. The number of carbonyl (C=O) groups is 1. The minimum atomic E-state index is -3.64. The van der Waals surface area contributed by atoms with Crippen molar-refractivity contribution >= 4 is 43.2 Å². The predicted molar refractivity (Wildman–Crippen MR) is 104 cm³/mol. The van der Waals surface area contributed by atoms with E-state index in [4.69, 9.17) is 0 Å². The highest BCUT2D eigenvalue weighted by Crippen LogP contribution is 2.33. The van der Waals surface area contributed by atoms with E-state index in [-0.39, 0.29) is 10.1 Å². The Morgan fingerprint density at radius 2 is 1.88 bits per heavy atom. The lowest BCUT2D eigenvalue weighted by molar-refractivity contribution is -0.135. The van der Waals surface area contributed by atoms with E-state index in [0.717, 1.165) is 15.8 Å². The number of hydrogen-bond donors (Lipinski definition) is 0. The second-order valence-corrected chi connectivity index (χ2v) is 11.2. The van der Waals surface area contributed by atoms with Crippen molar-refractivity contribution in [1.82, 2.24) is 9.21 Å². The summed E-state index contributed by atoms with van der Waals surface area (Å²) in [7, 11) is -3.64. The van der Waals surface area contributed by atoms with Crippen molar-refractivity contribution in [3.8, 4) is 0 Å². The van der Waals surface area contributed by atoms with Crippen LogP contribution >= 0.6 is 27.3 Å². The van der Waals surface area contributed by atoms with Crippen LogP contribution in [0.25, 0.3) is 0 Å². The molecule has 2 aliphatic rings. The van der Waals surface area contributed by atoms with Gasteiger partial charge in [-0.25, -0.2) is 8.42 Å². The molecule has 1 aromatic carbocycles. The highest BCUT2D eigenvalue weighted by atomic mass is 79.9. The molecule has 1 aromatic heterocycles. The lowest BCUT2D eigenvalue weighted by Gasteiger charge is -2.33. The Morgan fingerprint density at radius 1 is 1.12 bits per heavy atom. The van der Waals surface area contributed by atoms with Crippen molar-refractivity contribution in [1.29, 1.82) is 0 Å². The van der Waals surface area contributed by atoms with Gasteiger partial charge in [-0.05, 0) is 58.5 Å². The first-order valence-corrected chi connectivity index (χ1v) is 11.6. The topological polar surface area (TPSA) is 57.7 Å². The fourth-order valence-corrected chi connectivity index (χ4v) is 7.51. The van der Waals surface area contributed by atoms with Crippen molar-refractivity contribution in [2.45, 2.75) is 36.1 Å². The Labute approximate surface area is 165 Å². The maximum absolute atomic E-state index is 13.1. The molecule has 138 valence electrons. The molecule has 1 saturated heterocycles. The second kappa shape index (κ2) is 7.07. The second-order valence-electron chi connectivity index (χ2n) is 6.61. The minimum absolute atomic E-state index is 0.0730. The van der Waals surface area contributed by atoms with E-state index < -0.39 is 16.1 Å². The van der Waals surface area contributed by atoms with Crippen LogP contribution in [-0.4, -0.2) is 42.7 Å². The lowest BCUT2D eigenvalue weighted by atomic mass is 9.99. The number of carbonyl (C=O) groups excluding carboxylic acids is 1. The van der Waals surface area contributed by atoms with Crippen LogP contribution in [0.2, 0.25) is 0 Å². The highest BCUT2D eigenvalue weighted by molar-refractivity contribution is 9.11. The standard InChI is InChI=1S/C18H19BrN2O3S2/c19-16-7-8-17(25-16)26(23,24)21-10-3-6-15(21)18(22)20-11-9-13-4-1-2-5-14(13)12-20/h1-2,4-5,7-8,15H,3,6,9-12H2. The van der Waals surface area contributed by atoms with Gasteiger partial charge in [0.15, 0.2) is 0 Å². The summed E-state index contributed by atoms with van der Waals surface area (Å²) in [5.74, 6) is -0.0730. The van der Waals surface area contributed by atoms with Gasteiger partial charge in [0, 0.05) is 19.6 Å². The van der Waals surface area contributed by atoms with E-state index in [1.807, 2.05) is 23.1 Å². The van der Waals surface area contributed by atoms with Gasteiger partial charge in [-0.2, -0.15) is 4.31 Å². The number of rotatable bonds is 3. The molecular weight excluding hydrogens is 436 g/mol. The molecule has 0 saturated carbocycles. The van der Waals surface area contributed by atoms with E-state index in [2.05, 4.69) is 22.0 Å². The van der Waals surface area contributed by atoms with Gasteiger partial charge < -0.3 is 4.90 Å². The largest absolute Gasteiger partial charge is 0.337 e. The van der Waals surface area contributed by atoms with Gasteiger partial charge >= 0.3 is 0 Å². The summed E-state index contributed by atoms with van der Waals surface area (Å²) in [6, 6.07) is 10.9. The van der Waals surface area contributed by atoms with Gasteiger partial charge in [0.1, 0.15) is 10.3 Å². The first kappa shape index (κ1) is 18.2. The third kappa shape index (κ3) is 3.24. The van der Waals surface area contributed by atoms with Gasteiger partial charge in [0.05, 0.1) is 3.79 Å². The van der Waals surface area contributed by atoms with Gasteiger partial charge in [0.25, 0.3) is 10.0 Å². The fourth-order valence-electron chi connectivity index (χ4n) is 3.72. The first-order chi connectivity index (χ1) is 12.5. The first-order valence-electron chi connectivity index (χ1n) is 8.59. The molecule has 1 unspecified atom stereocenters. The molecule has 0 aliphatic carbocycles. The molecule has 0 radical (unpaired) electrons. The smallest absolute Gasteiger partial charge is 0.253 e. The SMILES string of the molecule is O=C(C1CCCN1S(=O)(=O)c1ccc(Br)s1)N1CCc2ccccc2C1. The number of hydrogen-bond acceptors (Lipinski definition) is 4. The third-order valence-electron chi connectivity index (χ3n) is 5.04. The van der Waals surface area contributed by atoms with E-state index in [9.17, 15) is 13.2 Å². The monoisotopic (exact) mass is 454 g/mol. The Morgan fingerprint density at radius 3 is 2.62 bits per heavy atom. The summed E-state index contributed by atoms with van der Waals surface area (Å²) < 4.78 is 28.4. The normalized spacial score (nSPS) is 21.0. The van der Waals surface area contributed by atoms with Crippen molar-refractivity contribution in [2.75, 3.05) is 13.1 Å². The number of halogens is 1. The van der Waals surface area contributed by atoms with Crippen LogP contribution in [0, 0.1) is 0 Å². The molecule has 0 N–H and O–H groups in total. The maximum atomic E-state index is 13.1. The zero-order valence-electron chi connectivity index (χ0n) is 14.1. The highest BCUT2D eigenvalue weighted by Gasteiger charge is 2.42. The molecule has 1 fully saturated rings. The molecule has 3 heterocycles. The zero-order valence-corrected chi connectivity index (χ0v) is 17.3. The summed E-state index contributed by atoms with van der Waals surface area (Å²) in [5.41, 5.74) is 2.43. The molecule has 1 amide bonds. The Hall–Kier alpha value is -1.22. The van der Waals surface area contributed by atoms with Gasteiger partial charge in [-0.3, -0.25) is 4.79 Å². The van der Waals surface area contributed by atoms with Crippen molar-refractivity contribution in [3.63, 3.8) is 0 Å². The summed E-state index contributed by atoms with van der Waals surface area (Å²) in [5, 5.41) is 0. The van der Waals surface area contributed by atoms with E-state index in [0.29, 0.717) is 32.5 Å². The molecule has 0 bridgehead atoms. The molecule has 1 atom stereocenters. The summed E-state index contributed by atoms with van der Waals surface area (Å²) in [4.78, 5) is 14.9. The zero-order chi connectivity index (χ0) is 18.3. The summed E-state index contributed by atoms with van der Waals surface area (Å²) in [6.45, 7) is 1.60. The predicted octanol–water partition coefficient (Wildman–Crippen LogP) is 3.25. The Bertz CT molecular complexity index is 941. The number of thiophene rings is 1. The lowest BCUT2D eigenvalue weighted by Crippen LogP contribution is -2.48. The Kier molecular flexibility index (Phi) is 4.94. The van der Waals surface area contributed by atoms with E-state index >= 15 is 0 Å². The molecule has 2 aliphatic heterocycles. The van der Waals surface area contributed by atoms with Crippen LogP contribution in [0.3, 0.4) is 0 Å². The summed E-state index contributed by atoms with van der Waals surface area (Å²) in [6.07, 6.45) is 2.12. The number of amides is 1. The van der Waals surface area contributed by atoms with Crippen LogP contribution in [0.4, 0.5) is 0 Å². The average Bonchev–Trinajstić information content (AvgIpc) is 3.30. The van der Waals surface area contributed by atoms with Crippen LogP contribution in [0.15, 0.2) is 44.4 Å².